The van der Waals surface area contributed by atoms with Crippen molar-refractivity contribution in [3.63, 3.8) is 0 Å². The Balaban J connectivity index is 1.62. The Kier molecular flexibility index (Phi) is 4.33. The predicted molar refractivity (Wildman–Crippen MR) is 82.6 cm³/mol. The van der Waals surface area contributed by atoms with Crippen molar-refractivity contribution in [2.24, 2.45) is 0 Å². The molecular formula is C17H14N2O4. The lowest BCUT2D eigenvalue weighted by atomic mass is 10.1. The van der Waals surface area contributed by atoms with Crippen molar-refractivity contribution in [2.75, 3.05) is 13.7 Å². The second-order valence-electron chi connectivity index (χ2n) is 4.71. The van der Waals surface area contributed by atoms with E-state index in [1.54, 1.807) is 55.6 Å². The lowest BCUT2D eigenvalue weighted by Crippen LogP contribution is -2.11. The van der Waals surface area contributed by atoms with E-state index in [0.717, 1.165) is 5.56 Å². The van der Waals surface area contributed by atoms with Crippen molar-refractivity contribution < 1.29 is 18.7 Å². The molecule has 0 N–H and O–H groups in total. The minimum atomic E-state index is -0.120. The van der Waals surface area contributed by atoms with E-state index < -0.39 is 0 Å². The highest BCUT2D eigenvalue weighted by atomic mass is 16.5. The van der Waals surface area contributed by atoms with Crippen molar-refractivity contribution in [2.45, 2.75) is 0 Å². The minimum Gasteiger partial charge on any atom is -0.497 e. The number of hydrogen-bond donors (Lipinski definition) is 0. The summed E-state index contributed by atoms with van der Waals surface area (Å²) in [5, 5.41) is 7.45. The van der Waals surface area contributed by atoms with Gasteiger partial charge in [-0.05, 0) is 36.4 Å². The second-order valence-corrected chi connectivity index (χ2v) is 4.71. The van der Waals surface area contributed by atoms with Crippen molar-refractivity contribution in [1.29, 1.82) is 0 Å². The standard InChI is InChI=1S/C17H14N2O4/c1-21-15-4-2-3-13(9-15)16(20)10-22-14-7-5-12(6-8-14)17-19-18-11-23-17/h2-9,11H,10H2,1H3. The summed E-state index contributed by atoms with van der Waals surface area (Å²) in [4.78, 5) is 12.1. The molecular weight excluding hydrogens is 296 g/mol. The molecule has 0 amide bonds. The van der Waals surface area contributed by atoms with Gasteiger partial charge < -0.3 is 13.9 Å². The summed E-state index contributed by atoms with van der Waals surface area (Å²) in [6.07, 6.45) is 1.27. The lowest BCUT2D eigenvalue weighted by Gasteiger charge is -2.07. The van der Waals surface area contributed by atoms with Crippen molar-refractivity contribution in [3.05, 3.63) is 60.5 Å². The van der Waals surface area contributed by atoms with Crippen LogP contribution in [0.5, 0.6) is 11.5 Å². The predicted octanol–water partition coefficient (Wildman–Crippen LogP) is 3.01. The van der Waals surface area contributed by atoms with E-state index in [1.807, 2.05) is 0 Å². The van der Waals surface area contributed by atoms with E-state index in [9.17, 15) is 4.79 Å². The smallest absolute Gasteiger partial charge is 0.247 e. The molecule has 0 spiro atoms. The molecule has 6 nitrogen and oxygen atoms in total. The summed E-state index contributed by atoms with van der Waals surface area (Å²) in [5.41, 5.74) is 1.33. The van der Waals surface area contributed by atoms with Crippen LogP contribution >= 0.6 is 0 Å². The van der Waals surface area contributed by atoms with Crippen LogP contribution in [0.25, 0.3) is 11.5 Å². The van der Waals surface area contributed by atoms with Crippen LogP contribution in [0.15, 0.2) is 59.3 Å². The van der Waals surface area contributed by atoms with E-state index in [4.69, 9.17) is 13.9 Å². The number of aromatic nitrogens is 2. The van der Waals surface area contributed by atoms with Crippen LogP contribution in [-0.4, -0.2) is 29.7 Å². The van der Waals surface area contributed by atoms with Gasteiger partial charge in [0, 0.05) is 11.1 Å². The molecule has 0 saturated heterocycles. The number of Topliss-reactive ketones (excluding diaryl/α,β-unsaturated/α-hetero) is 1. The molecule has 116 valence electrons. The zero-order chi connectivity index (χ0) is 16.1. The van der Waals surface area contributed by atoms with E-state index in [1.165, 1.54) is 6.39 Å². The Bertz CT molecular complexity index is 783. The number of benzene rings is 2. The van der Waals surface area contributed by atoms with Gasteiger partial charge in [0.1, 0.15) is 11.5 Å². The molecule has 6 heteroatoms. The fraction of sp³-hybridized carbons (Fsp3) is 0.118. The zero-order valence-corrected chi connectivity index (χ0v) is 12.4. The molecule has 0 radical (unpaired) electrons. The van der Waals surface area contributed by atoms with Gasteiger partial charge in [-0.25, -0.2) is 0 Å². The maximum Gasteiger partial charge on any atom is 0.247 e. The van der Waals surface area contributed by atoms with Crippen LogP contribution in [0, 0.1) is 0 Å². The van der Waals surface area contributed by atoms with Crippen LogP contribution in [0.2, 0.25) is 0 Å². The summed E-state index contributed by atoms with van der Waals surface area (Å²) in [5.74, 6) is 1.54. The van der Waals surface area contributed by atoms with Gasteiger partial charge in [0.05, 0.1) is 7.11 Å². The number of methoxy groups -OCH3 is 1. The highest BCUT2D eigenvalue weighted by Gasteiger charge is 2.09. The van der Waals surface area contributed by atoms with Gasteiger partial charge in [-0.15, -0.1) is 10.2 Å². The first kappa shape index (κ1) is 14.8. The maximum absolute atomic E-state index is 12.1. The van der Waals surface area contributed by atoms with Crippen LogP contribution < -0.4 is 9.47 Å². The molecule has 0 unspecified atom stereocenters. The number of carbonyl (C=O) groups is 1. The number of rotatable bonds is 6. The summed E-state index contributed by atoms with van der Waals surface area (Å²) < 4.78 is 15.7. The molecule has 3 rings (SSSR count). The topological polar surface area (TPSA) is 74.5 Å². The summed E-state index contributed by atoms with van der Waals surface area (Å²) >= 11 is 0. The van der Waals surface area contributed by atoms with Crippen LogP contribution in [-0.2, 0) is 0 Å². The normalized spacial score (nSPS) is 10.3. The molecule has 0 atom stereocenters. The minimum absolute atomic E-state index is 0.0485. The molecule has 23 heavy (non-hydrogen) atoms. The molecule has 0 aliphatic rings. The Morgan fingerprint density at radius 1 is 1.13 bits per heavy atom. The number of ketones is 1. The van der Waals surface area contributed by atoms with E-state index >= 15 is 0 Å². The van der Waals surface area contributed by atoms with Crippen molar-refractivity contribution in [3.8, 4) is 23.0 Å². The van der Waals surface area contributed by atoms with Crippen LogP contribution in [0.4, 0.5) is 0 Å². The van der Waals surface area contributed by atoms with Crippen molar-refractivity contribution in [1.82, 2.24) is 10.2 Å². The SMILES string of the molecule is COc1cccc(C(=O)COc2ccc(-c3nnco3)cc2)c1. The van der Waals surface area contributed by atoms with Crippen molar-refractivity contribution >= 4 is 5.78 Å². The van der Waals surface area contributed by atoms with Gasteiger partial charge >= 0.3 is 0 Å². The average molecular weight is 310 g/mol. The Morgan fingerprint density at radius 3 is 2.65 bits per heavy atom. The highest BCUT2D eigenvalue weighted by molar-refractivity contribution is 5.97. The third-order valence-corrected chi connectivity index (χ3v) is 3.22. The molecule has 0 fully saturated rings. The third kappa shape index (κ3) is 3.55. The first-order valence-electron chi connectivity index (χ1n) is 6.93. The third-order valence-electron chi connectivity index (χ3n) is 3.22. The number of carbonyl (C=O) groups excluding carboxylic acids is 1. The summed E-state index contributed by atoms with van der Waals surface area (Å²) in [6.45, 7) is -0.0485. The van der Waals surface area contributed by atoms with E-state index in [0.29, 0.717) is 23.0 Å². The average Bonchev–Trinajstić information content (AvgIpc) is 3.15. The second kappa shape index (κ2) is 6.74. The van der Waals surface area contributed by atoms with Crippen LogP contribution in [0.1, 0.15) is 10.4 Å². The quantitative estimate of drug-likeness (QED) is 0.652. The molecule has 0 bridgehead atoms. The highest BCUT2D eigenvalue weighted by Crippen LogP contribution is 2.20. The molecule has 1 heterocycles. The Labute approximate surface area is 132 Å². The van der Waals surface area contributed by atoms with E-state index in [2.05, 4.69) is 10.2 Å². The Hall–Kier alpha value is -3.15. The monoisotopic (exact) mass is 310 g/mol. The van der Waals surface area contributed by atoms with Gasteiger partial charge in [-0.3, -0.25) is 4.79 Å². The largest absolute Gasteiger partial charge is 0.497 e. The molecule has 2 aromatic carbocycles. The maximum atomic E-state index is 12.1. The van der Waals surface area contributed by atoms with E-state index in [-0.39, 0.29) is 12.4 Å². The first-order valence-corrected chi connectivity index (χ1v) is 6.93. The molecule has 3 aromatic rings. The number of nitrogens with zero attached hydrogens (tertiary/aromatic N) is 2. The van der Waals surface area contributed by atoms with Gasteiger partial charge in [0.25, 0.3) is 0 Å². The fourth-order valence-electron chi connectivity index (χ4n) is 2.02. The molecule has 1 aromatic heterocycles. The van der Waals surface area contributed by atoms with Gasteiger partial charge in [0.2, 0.25) is 12.3 Å². The van der Waals surface area contributed by atoms with Gasteiger partial charge in [-0.2, -0.15) is 0 Å². The first-order chi connectivity index (χ1) is 11.3. The summed E-state index contributed by atoms with van der Waals surface area (Å²) in [7, 11) is 1.56. The summed E-state index contributed by atoms with van der Waals surface area (Å²) in [6, 6.07) is 14.0. The zero-order valence-electron chi connectivity index (χ0n) is 12.4. The Morgan fingerprint density at radius 2 is 1.96 bits per heavy atom. The lowest BCUT2D eigenvalue weighted by molar-refractivity contribution is 0.0921. The fourth-order valence-corrected chi connectivity index (χ4v) is 2.02. The number of ether oxygens (including phenoxy) is 2. The molecule has 0 aliphatic carbocycles. The molecule has 0 aliphatic heterocycles. The van der Waals surface area contributed by atoms with Gasteiger partial charge in [0.15, 0.2) is 12.4 Å². The van der Waals surface area contributed by atoms with Crippen LogP contribution in [0.3, 0.4) is 0 Å². The molecule has 0 saturated carbocycles. The number of hydrogen-bond acceptors (Lipinski definition) is 6. The van der Waals surface area contributed by atoms with Gasteiger partial charge in [-0.1, -0.05) is 12.1 Å².